The lowest BCUT2D eigenvalue weighted by atomic mass is 10.5. The van der Waals surface area contributed by atoms with Gasteiger partial charge >= 0.3 is 5.97 Å². The van der Waals surface area contributed by atoms with Gasteiger partial charge in [-0.2, -0.15) is 0 Å². The second-order valence-corrected chi connectivity index (χ2v) is 5.14. The second kappa shape index (κ2) is 5.69. The van der Waals surface area contributed by atoms with Crippen molar-refractivity contribution in [1.29, 1.82) is 0 Å². The van der Waals surface area contributed by atoms with Gasteiger partial charge in [-0.05, 0) is 6.07 Å². The lowest BCUT2D eigenvalue weighted by Crippen LogP contribution is -2.29. The third-order valence-corrected chi connectivity index (χ3v) is 3.32. The molecule has 1 heterocycles. The monoisotopic (exact) mass is 262 g/mol. The van der Waals surface area contributed by atoms with E-state index in [0.29, 0.717) is 6.54 Å². The van der Waals surface area contributed by atoms with Crippen molar-refractivity contribution in [2.45, 2.75) is 6.92 Å². The topological polar surface area (TPSA) is 109 Å². The van der Waals surface area contributed by atoms with Crippen LogP contribution < -0.4 is 10.0 Å². The Labute approximate surface area is 98.9 Å². The first-order chi connectivity index (χ1) is 7.94. The fourth-order valence-electron chi connectivity index (χ4n) is 1.15. The molecule has 0 amide bonds. The molecule has 1 rings (SSSR count). The molecule has 0 saturated carbocycles. The third kappa shape index (κ3) is 4.45. The molecule has 0 aromatic carbocycles. The van der Waals surface area contributed by atoms with Crippen LogP contribution >= 0.6 is 0 Å². The Morgan fingerprint density at radius 3 is 2.71 bits per heavy atom. The molecule has 0 spiro atoms. The molecule has 0 fully saturated rings. The van der Waals surface area contributed by atoms with E-state index in [1.807, 2.05) is 0 Å². The van der Waals surface area contributed by atoms with Gasteiger partial charge in [-0.25, -0.2) is 17.9 Å². The molecule has 0 aliphatic heterocycles. The fourth-order valence-corrected chi connectivity index (χ4v) is 2.10. The Morgan fingerprint density at radius 2 is 2.18 bits per heavy atom. The van der Waals surface area contributed by atoms with E-state index in [1.165, 1.54) is 12.1 Å². The summed E-state index contributed by atoms with van der Waals surface area (Å²) in [6, 6.07) is 2.73. The molecular formula is C9H14N2O5S. The van der Waals surface area contributed by atoms with E-state index in [4.69, 9.17) is 9.52 Å². The first kappa shape index (κ1) is 13.5. The van der Waals surface area contributed by atoms with Crippen LogP contribution in [0.4, 0.5) is 5.88 Å². The number of hydrogen-bond acceptors (Lipinski definition) is 5. The molecule has 96 valence electrons. The SMILES string of the molecule is CCNS(=O)(=O)CCNc1ccc(C(=O)O)o1. The molecule has 0 radical (unpaired) electrons. The highest BCUT2D eigenvalue weighted by atomic mass is 32.2. The van der Waals surface area contributed by atoms with Gasteiger partial charge < -0.3 is 14.8 Å². The van der Waals surface area contributed by atoms with Gasteiger partial charge in [0.15, 0.2) is 5.88 Å². The molecule has 0 atom stereocenters. The highest BCUT2D eigenvalue weighted by Crippen LogP contribution is 2.12. The number of carboxylic acids is 1. The van der Waals surface area contributed by atoms with E-state index >= 15 is 0 Å². The van der Waals surface area contributed by atoms with Crippen LogP contribution in [-0.4, -0.2) is 38.3 Å². The van der Waals surface area contributed by atoms with E-state index in [1.54, 1.807) is 6.92 Å². The number of aromatic carboxylic acids is 1. The average Bonchev–Trinajstić information content (AvgIpc) is 2.66. The molecule has 0 bridgehead atoms. The standard InChI is InChI=1S/C9H14N2O5S/c1-2-11-17(14,15)6-5-10-8-4-3-7(16-8)9(12)13/h3-4,10-11H,2,5-6H2,1H3,(H,12,13). The lowest BCUT2D eigenvalue weighted by Gasteiger charge is -2.04. The third-order valence-electron chi connectivity index (χ3n) is 1.85. The number of carbonyl (C=O) groups is 1. The molecule has 17 heavy (non-hydrogen) atoms. The van der Waals surface area contributed by atoms with Crippen molar-refractivity contribution >= 4 is 21.9 Å². The maximum atomic E-state index is 11.3. The fraction of sp³-hybridized carbons (Fsp3) is 0.444. The van der Waals surface area contributed by atoms with Gasteiger partial charge in [0.1, 0.15) is 0 Å². The van der Waals surface area contributed by atoms with Crippen molar-refractivity contribution in [1.82, 2.24) is 4.72 Å². The van der Waals surface area contributed by atoms with Gasteiger partial charge in [0.05, 0.1) is 5.75 Å². The summed E-state index contributed by atoms with van der Waals surface area (Å²) in [6.07, 6.45) is 0. The zero-order chi connectivity index (χ0) is 12.9. The zero-order valence-corrected chi connectivity index (χ0v) is 10.1. The summed E-state index contributed by atoms with van der Waals surface area (Å²) in [5.41, 5.74) is 0. The van der Waals surface area contributed by atoms with Crippen molar-refractivity contribution in [2.24, 2.45) is 0 Å². The predicted molar refractivity (Wildman–Crippen MR) is 61.6 cm³/mol. The maximum Gasteiger partial charge on any atom is 0.371 e. The van der Waals surface area contributed by atoms with Crippen molar-refractivity contribution in [3.05, 3.63) is 17.9 Å². The lowest BCUT2D eigenvalue weighted by molar-refractivity contribution is 0.0663. The van der Waals surface area contributed by atoms with Crippen LogP contribution in [0, 0.1) is 0 Å². The number of carboxylic acid groups (broad SMARTS) is 1. The molecule has 0 aliphatic rings. The predicted octanol–water partition coefficient (Wildman–Crippen LogP) is 0.329. The number of rotatable bonds is 7. The Bertz CT molecular complexity index is 479. The number of anilines is 1. The minimum absolute atomic E-state index is 0.107. The zero-order valence-electron chi connectivity index (χ0n) is 9.26. The molecule has 0 unspecified atom stereocenters. The molecule has 3 N–H and O–H groups in total. The maximum absolute atomic E-state index is 11.3. The first-order valence-corrected chi connectivity index (χ1v) is 6.64. The van der Waals surface area contributed by atoms with Crippen molar-refractivity contribution in [3.8, 4) is 0 Å². The molecule has 1 aromatic heterocycles. The Hall–Kier alpha value is -1.54. The van der Waals surface area contributed by atoms with E-state index in [-0.39, 0.29) is 23.9 Å². The van der Waals surface area contributed by atoms with E-state index in [9.17, 15) is 13.2 Å². The highest BCUT2D eigenvalue weighted by molar-refractivity contribution is 7.89. The Morgan fingerprint density at radius 1 is 1.47 bits per heavy atom. The first-order valence-electron chi connectivity index (χ1n) is 4.99. The Balaban J connectivity index is 2.43. The number of sulfonamides is 1. The van der Waals surface area contributed by atoms with Crippen molar-refractivity contribution in [2.75, 3.05) is 24.2 Å². The minimum Gasteiger partial charge on any atom is -0.475 e. The molecule has 7 nitrogen and oxygen atoms in total. The van der Waals surface area contributed by atoms with E-state index in [0.717, 1.165) is 0 Å². The van der Waals surface area contributed by atoms with Gasteiger partial charge in [-0.1, -0.05) is 6.92 Å². The van der Waals surface area contributed by atoms with Gasteiger partial charge in [0, 0.05) is 19.2 Å². The molecule has 0 aliphatic carbocycles. The van der Waals surface area contributed by atoms with Crippen LogP contribution in [0.5, 0.6) is 0 Å². The van der Waals surface area contributed by atoms with Crippen LogP contribution in [0.25, 0.3) is 0 Å². The van der Waals surface area contributed by atoms with Crippen molar-refractivity contribution < 1.29 is 22.7 Å². The summed E-state index contributed by atoms with van der Waals surface area (Å²) < 4.78 is 29.7. The van der Waals surface area contributed by atoms with Gasteiger partial charge in [0.25, 0.3) is 0 Å². The molecule has 8 heteroatoms. The quantitative estimate of drug-likeness (QED) is 0.653. The summed E-state index contributed by atoms with van der Waals surface area (Å²) in [6.45, 7) is 2.17. The van der Waals surface area contributed by atoms with Crippen LogP contribution in [0.2, 0.25) is 0 Å². The Kier molecular flexibility index (Phi) is 4.53. The molecule has 0 saturated heterocycles. The smallest absolute Gasteiger partial charge is 0.371 e. The van der Waals surface area contributed by atoms with Crippen LogP contribution in [0.1, 0.15) is 17.5 Å². The van der Waals surface area contributed by atoms with Crippen LogP contribution in [-0.2, 0) is 10.0 Å². The largest absolute Gasteiger partial charge is 0.475 e. The van der Waals surface area contributed by atoms with Gasteiger partial charge in [-0.15, -0.1) is 0 Å². The molecular weight excluding hydrogens is 248 g/mol. The normalized spacial score (nSPS) is 11.4. The minimum atomic E-state index is -3.28. The van der Waals surface area contributed by atoms with E-state index in [2.05, 4.69) is 10.0 Å². The summed E-state index contributed by atoms with van der Waals surface area (Å²) >= 11 is 0. The number of nitrogens with one attached hydrogen (secondary N) is 2. The van der Waals surface area contributed by atoms with Crippen LogP contribution in [0.15, 0.2) is 16.5 Å². The number of hydrogen-bond donors (Lipinski definition) is 3. The second-order valence-electron chi connectivity index (χ2n) is 3.21. The number of furan rings is 1. The van der Waals surface area contributed by atoms with Crippen LogP contribution in [0.3, 0.4) is 0 Å². The van der Waals surface area contributed by atoms with Gasteiger partial charge in [-0.3, -0.25) is 0 Å². The highest BCUT2D eigenvalue weighted by Gasteiger charge is 2.10. The van der Waals surface area contributed by atoms with Gasteiger partial charge in [0.2, 0.25) is 15.8 Å². The summed E-state index contributed by atoms with van der Waals surface area (Å²) in [5.74, 6) is -1.24. The summed E-state index contributed by atoms with van der Waals surface area (Å²) in [7, 11) is -3.28. The van der Waals surface area contributed by atoms with Crippen molar-refractivity contribution in [3.63, 3.8) is 0 Å². The van der Waals surface area contributed by atoms with E-state index < -0.39 is 16.0 Å². The average molecular weight is 262 g/mol. The molecule has 1 aromatic rings. The summed E-state index contributed by atoms with van der Waals surface area (Å²) in [4.78, 5) is 10.5. The summed E-state index contributed by atoms with van der Waals surface area (Å²) in [5, 5.41) is 11.3.